The highest BCUT2D eigenvalue weighted by molar-refractivity contribution is 7.99. The first-order valence-electron chi connectivity index (χ1n) is 7.51. The maximum absolute atomic E-state index is 11.0. The third-order valence-electron chi connectivity index (χ3n) is 3.38. The summed E-state index contributed by atoms with van der Waals surface area (Å²) in [6.07, 6.45) is 0. The number of rotatable bonds is 7. The average Bonchev–Trinajstić information content (AvgIpc) is 2.99. The summed E-state index contributed by atoms with van der Waals surface area (Å²) in [6, 6.07) is 13.4. The lowest BCUT2D eigenvalue weighted by atomic mass is 10.2. The summed E-state index contributed by atoms with van der Waals surface area (Å²) in [4.78, 5) is 10.5. The minimum Gasteiger partial charge on any atom is -0.486 e. The summed E-state index contributed by atoms with van der Waals surface area (Å²) in [5.41, 5.74) is 0.693. The van der Waals surface area contributed by atoms with E-state index < -0.39 is 4.92 Å². The molecule has 0 unspecified atom stereocenters. The quantitative estimate of drug-likeness (QED) is 0.216. The largest absolute Gasteiger partial charge is 0.486 e. The summed E-state index contributed by atoms with van der Waals surface area (Å²) in [7, 11) is 0. The predicted octanol–water partition coefficient (Wildman–Crippen LogP) is 3.39. The van der Waals surface area contributed by atoms with Crippen LogP contribution in [0.5, 0.6) is 5.75 Å². The second-order valence-electron chi connectivity index (χ2n) is 5.11. The topological polar surface area (TPSA) is 109 Å². The fourth-order valence-corrected chi connectivity index (χ4v) is 3.08. The molecular formula is C16H14ClN5O3S. The number of halogens is 1. The normalized spacial score (nSPS) is 10.7. The van der Waals surface area contributed by atoms with E-state index in [0.29, 0.717) is 21.8 Å². The lowest BCUT2D eigenvalue weighted by molar-refractivity contribution is -0.385. The van der Waals surface area contributed by atoms with E-state index >= 15 is 0 Å². The van der Waals surface area contributed by atoms with E-state index in [9.17, 15) is 10.1 Å². The molecule has 1 heterocycles. The molecule has 0 aliphatic rings. The number of nitrogens with zero attached hydrogens (tertiary/aromatic N) is 4. The van der Waals surface area contributed by atoms with Crippen LogP contribution in [0, 0.1) is 10.1 Å². The van der Waals surface area contributed by atoms with Crippen molar-refractivity contribution in [2.24, 2.45) is 0 Å². The Morgan fingerprint density at radius 1 is 1.23 bits per heavy atom. The highest BCUT2D eigenvalue weighted by Crippen LogP contribution is 2.27. The predicted molar refractivity (Wildman–Crippen MR) is 99.9 cm³/mol. The summed E-state index contributed by atoms with van der Waals surface area (Å²) >= 11 is 7.32. The summed E-state index contributed by atoms with van der Waals surface area (Å²) < 4.78 is 6.87. The van der Waals surface area contributed by atoms with Crippen molar-refractivity contribution in [2.45, 2.75) is 5.16 Å². The number of nitrogens with two attached hydrogens (primary N) is 1. The van der Waals surface area contributed by atoms with Gasteiger partial charge in [-0.2, -0.15) is 0 Å². The van der Waals surface area contributed by atoms with Crippen LogP contribution in [0.2, 0.25) is 5.02 Å². The first kappa shape index (κ1) is 18.0. The van der Waals surface area contributed by atoms with Crippen molar-refractivity contribution in [1.29, 1.82) is 0 Å². The van der Waals surface area contributed by atoms with Crippen molar-refractivity contribution < 1.29 is 9.66 Å². The summed E-state index contributed by atoms with van der Waals surface area (Å²) in [5, 5.41) is 20.2. The molecule has 0 aliphatic heterocycles. The van der Waals surface area contributed by atoms with E-state index in [4.69, 9.17) is 22.2 Å². The molecule has 0 fully saturated rings. The fourth-order valence-electron chi connectivity index (χ4n) is 2.21. The Balaban J connectivity index is 1.61. The van der Waals surface area contributed by atoms with Gasteiger partial charge in [0.2, 0.25) is 5.16 Å². The van der Waals surface area contributed by atoms with Crippen LogP contribution in [-0.4, -0.2) is 32.2 Å². The molecule has 1 aromatic heterocycles. The zero-order chi connectivity index (χ0) is 18.5. The van der Waals surface area contributed by atoms with Crippen molar-refractivity contribution in [3.05, 3.63) is 63.7 Å². The van der Waals surface area contributed by atoms with Gasteiger partial charge in [0.1, 0.15) is 0 Å². The van der Waals surface area contributed by atoms with Crippen LogP contribution >= 0.6 is 23.4 Å². The molecule has 10 heteroatoms. The van der Waals surface area contributed by atoms with E-state index in [2.05, 4.69) is 10.2 Å². The Kier molecular flexibility index (Phi) is 5.59. The van der Waals surface area contributed by atoms with E-state index in [1.54, 1.807) is 36.4 Å². The molecule has 2 aromatic carbocycles. The van der Waals surface area contributed by atoms with Crippen LogP contribution < -0.4 is 10.6 Å². The minimum absolute atomic E-state index is 0.0669. The summed E-state index contributed by atoms with van der Waals surface area (Å²) in [5.74, 6) is 7.26. The van der Waals surface area contributed by atoms with Gasteiger partial charge in [-0.15, -0.1) is 10.2 Å². The SMILES string of the molecule is Nn1c(SCCOc2ccccc2[N+](=O)[O-])nnc1-c1cccc(Cl)c1. The molecule has 2 N–H and O–H groups in total. The molecule has 0 aliphatic carbocycles. The van der Waals surface area contributed by atoms with Gasteiger partial charge in [-0.1, -0.05) is 47.6 Å². The first-order chi connectivity index (χ1) is 12.6. The third-order valence-corrected chi connectivity index (χ3v) is 4.52. The molecular weight excluding hydrogens is 378 g/mol. The number of nitro groups is 1. The van der Waals surface area contributed by atoms with E-state index in [-0.39, 0.29) is 18.0 Å². The van der Waals surface area contributed by atoms with E-state index in [0.717, 1.165) is 5.56 Å². The van der Waals surface area contributed by atoms with Crippen LogP contribution in [0.25, 0.3) is 11.4 Å². The number of hydrogen-bond acceptors (Lipinski definition) is 7. The van der Waals surface area contributed by atoms with Gasteiger partial charge in [-0.3, -0.25) is 10.1 Å². The molecule has 0 amide bonds. The van der Waals surface area contributed by atoms with Crippen molar-refractivity contribution in [1.82, 2.24) is 14.9 Å². The highest BCUT2D eigenvalue weighted by Gasteiger charge is 2.15. The molecule has 0 atom stereocenters. The van der Waals surface area contributed by atoms with Crippen LogP contribution in [0.1, 0.15) is 0 Å². The molecule has 0 saturated carbocycles. The van der Waals surface area contributed by atoms with Gasteiger partial charge >= 0.3 is 5.69 Å². The molecule has 0 bridgehead atoms. The molecule has 0 spiro atoms. The fraction of sp³-hybridized carbons (Fsp3) is 0.125. The van der Waals surface area contributed by atoms with Gasteiger partial charge in [0.15, 0.2) is 11.6 Å². The Morgan fingerprint density at radius 2 is 2.04 bits per heavy atom. The van der Waals surface area contributed by atoms with Gasteiger partial charge in [0.05, 0.1) is 11.5 Å². The zero-order valence-electron chi connectivity index (χ0n) is 13.4. The monoisotopic (exact) mass is 391 g/mol. The lowest BCUT2D eigenvalue weighted by Gasteiger charge is -2.06. The lowest BCUT2D eigenvalue weighted by Crippen LogP contribution is -2.12. The van der Waals surface area contributed by atoms with Gasteiger partial charge in [0.25, 0.3) is 0 Å². The van der Waals surface area contributed by atoms with Crippen LogP contribution in [0.4, 0.5) is 5.69 Å². The Morgan fingerprint density at radius 3 is 2.81 bits per heavy atom. The van der Waals surface area contributed by atoms with Crippen molar-refractivity contribution >= 4 is 29.1 Å². The van der Waals surface area contributed by atoms with Gasteiger partial charge in [0, 0.05) is 22.4 Å². The molecule has 8 nitrogen and oxygen atoms in total. The second kappa shape index (κ2) is 8.07. The summed E-state index contributed by atoms with van der Waals surface area (Å²) in [6.45, 7) is 0.259. The molecule has 0 saturated heterocycles. The van der Waals surface area contributed by atoms with Crippen molar-refractivity contribution in [3.63, 3.8) is 0 Å². The number of thioether (sulfide) groups is 1. The number of para-hydroxylation sites is 2. The minimum atomic E-state index is -0.476. The highest BCUT2D eigenvalue weighted by atomic mass is 35.5. The molecule has 3 aromatic rings. The van der Waals surface area contributed by atoms with Crippen molar-refractivity contribution in [2.75, 3.05) is 18.2 Å². The Hall–Kier alpha value is -2.78. The van der Waals surface area contributed by atoms with Gasteiger partial charge < -0.3 is 10.6 Å². The number of ether oxygens (including phenoxy) is 1. The molecule has 26 heavy (non-hydrogen) atoms. The van der Waals surface area contributed by atoms with E-state index in [1.165, 1.54) is 22.5 Å². The molecule has 134 valence electrons. The smallest absolute Gasteiger partial charge is 0.310 e. The number of aromatic nitrogens is 3. The number of nitrogen functional groups attached to an aromatic ring is 1. The Labute approximate surface area is 158 Å². The number of nitro benzene ring substituents is 1. The van der Waals surface area contributed by atoms with Gasteiger partial charge in [-0.05, 0) is 18.2 Å². The standard InChI is InChI=1S/C16H14ClN5O3S/c17-12-5-3-4-11(10-12)15-19-20-16(21(15)18)26-9-8-25-14-7-2-1-6-13(14)22(23)24/h1-7,10H,8-9,18H2. The maximum atomic E-state index is 11.0. The van der Waals surface area contributed by atoms with Crippen LogP contribution in [0.3, 0.4) is 0 Å². The molecule has 3 rings (SSSR count). The Bertz CT molecular complexity index is 934. The van der Waals surface area contributed by atoms with Gasteiger partial charge in [-0.25, -0.2) is 4.68 Å². The van der Waals surface area contributed by atoms with Crippen LogP contribution in [-0.2, 0) is 0 Å². The maximum Gasteiger partial charge on any atom is 0.310 e. The third kappa shape index (κ3) is 4.06. The average molecular weight is 392 g/mol. The van der Waals surface area contributed by atoms with Crippen LogP contribution in [0.15, 0.2) is 53.7 Å². The number of benzene rings is 2. The first-order valence-corrected chi connectivity index (χ1v) is 8.88. The second-order valence-corrected chi connectivity index (χ2v) is 6.61. The zero-order valence-corrected chi connectivity index (χ0v) is 15.0. The van der Waals surface area contributed by atoms with E-state index in [1.807, 2.05) is 6.07 Å². The van der Waals surface area contributed by atoms with Crippen molar-refractivity contribution in [3.8, 4) is 17.1 Å². The number of hydrogen-bond donors (Lipinski definition) is 1. The molecule has 0 radical (unpaired) electrons.